The second-order valence-electron chi connectivity index (χ2n) is 5.10. The molecular formula is C18H19N3O. The number of amides is 1. The van der Waals surface area contributed by atoms with E-state index in [0.29, 0.717) is 11.3 Å². The zero-order valence-electron chi connectivity index (χ0n) is 12.8. The molecule has 2 N–H and O–H groups in total. The molecule has 2 aromatic rings. The van der Waals surface area contributed by atoms with Crippen molar-refractivity contribution in [1.82, 2.24) is 0 Å². The number of benzene rings is 2. The minimum Gasteiger partial charge on any atom is -0.374 e. The van der Waals surface area contributed by atoms with Gasteiger partial charge in [0.05, 0.1) is 11.6 Å². The normalized spacial score (nSPS) is 11.3. The number of aryl methyl sites for hydroxylation is 1. The lowest BCUT2D eigenvalue weighted by Crippen LogP contribution is -2.31. The van der Waals surface area contributed by atoms with E-state index in [-0.39, 0.29) is 11.9 Å². The molecule has 0 saturated heterocycles. The number of carbonyl (C=O) groups excluding carboxylic acids is 1. The Labute approximate surface area is 130 Å². The van der Waals surface area contributed by atoms with Crippen LogP contribution in [0.3, 0.4) is 0 Å². The van der Waals surface area contributed by atoms with E-state index >= 15 is 0 Å². The van der Waals surface area contributed by atoms with Crippen LogP contribution in [-0.4, -0.2) is 11.9 Å². The summed E-state index contributed by atoms with van der Waals surface area (Å²) in [6.07, 6.45) is 0.955. The van der Waals surface area contributed by atoms with Gasteiger partial charge in [-0.3, -0.25) is 4.79 Å². The molecule has 4 nitrogen and oxygen atoms in total. The molecule has 0 radical (unpaired) electrons. The van der Waals surface area contributed by atoms with Crippen molar-refractivity contribution in [3.63, 3.8) is 0 Å². The highest BCUT2D eigenvalue weighted by molar-refractivity contribution is 5.96. The van der Waals surface area contributed by atoms with Crippen molar-refractivity contribution in [2.75, 3.05) is 10.6 Å². The summed E-state index contributed by atoms with van der Waals surface area (Å²) in [5.74, 6) is -0.142. The zero-order valence-corrected chi connectivity index (χ0v) is 12.8. The Morgan fingerprint density at radius 1 is 1.18 bits per heavy atom. The van der Waals surface area contributed by atoms with E-state index in [4.69, 9.17) is 5.26 Å². The van der Waals surface area contributed by atoms with Crippen molar-refractivity contribution >= 4 is 17.3 Å². The third kappa shape index (κ3) is 4.10. The second kappa shape index (κ2) is 7.28. The summed E-state index contributed by atoms with van der Waals surface area (Å²) in [5, 5.41) is 14.9. The average Bonchev–Trinajstić information content (AvgIpc) is 2.55. The Morgan fingerprint density at radius 2 is 1.91 bits per heavy atom. The van der Waals surface area contributed by atoms with Gasteiger partial charge in [-0.2, -0.15) is 5.26 Å². The largest absolute Gasteiger partial charge is 0.374 e. The van der Waals surface area contributed by atoms with Crippen LogP contribution in [0.25, 0.3) is 0 Å². The van der Waals surface area contributed by atoms with Gasteiger partial charge >= 0.3 is 0 Å². The molecule has 0 aliphatic heterocycles. The molecule has 4 heteroatoms. The Balaban J connectivity index is 2.01. The fraction of sp³-hybridized carbons (Fsp3) is 0.222. The molecule has 0 aliphatic rings. The highest BCUT2D eigenvalue weighted by atomic mass is 16.2. The number of hydrogen-bond donors (Lipinski definition) is 2. The molecule has 0 aromatic heterocycles. The van der Waals surface area contributed by atoms with Crippen LogP contribution < -0.4 is 10.6 Å². The number of nitrogens with one attached hydrogen (secondary N) is 2. The maximum absolute atomic E-state index is 12.2. The lowest BCUT2D eigenvalue weighted by Gasteiger charge is -2.16. The summed E-state index contributed by atoms with van der Waals surface area (Å²) in [6, 6.07) is 16.6. The molecule has 0 fully saturated rings. The highest BCUT2D eigenvalue weighted by Gasteiger charge is 2.13. The second-order valence-corrected chi connectivity index (χ2v) is 5.10. The molecule has 2 aromatic carbocycles. The van der Waals surface area contributed by atoms with Crippen molar-refractivity contribution < 1.29 is 4.79 Å². The van der Waals surface area contributed by atoms with Crippen LogP contribution in [0.5, 0.6) is 0 Å². The number of hydrogen-bond acceptors (Lipinski definition) is 3. The average molecular weight is 293 g/mol. The van der Waals surface area contributed by atoms with Gasteiger partial charge in [0.15, 0.2) is 0 Å². The van der Waals surface area contributed by atoms with Crippen LogP contribution in [0.1, 0.15) is 25.0 Å². The first-order valence-electron chi connectivity index (χ1n) is 7.29. The standard InChI is InChI=1S/C18H19N3O/c1-3-14-6-4-8-16(10-14)20-13(2)18(22)21-17-9-5-7-15(11-17)12-19/h4-11,13,20H,3H2,1-2H3,(H,21,22). The predicted octanol–water partition coefficient (Wildman–Crippen LogP) is 3.56. The fourth-order valence-electron chi connectivity index (χ4n) is 2.11. The molecule has 1 atom stereocenters. The van der Waals surface area contributed by atoms with Crippen LogP contribution in [0.15, 0.2) is 48.5 Å². The lowest BCUT2D eigenvalue weighted by molar-refractivity contribution is -0.116. The van der Waals surface area contributed by atoms with E-state index in [1.165, 1.54) is 5.56 Å². The number of carbonyl (C=O) groups is 1. The van der Waals surface area contributed by atoms with Gasteiger partial charge in [0, 0.05) is 11.4 Å². The topological polar surface area (TPSA) is 64.9 Å². The van der Waals surface area contributed by atoms with Crippen molar-refractivity contribution in [3.05, 3.63) is 59.7 Å². The molecule has 0 saturated carbocycles. The van der Waals surface area contributed by atoms with Crippen molar-refractivity contribution in [2.45, 2.75) is 26.3 Å². The first kappa shape index (κ1) is 15.6. The Kier molecular flexibility index (Phi) is 5.16. The molecule has 1 unspecified atom stereocenters. The van der Waals surface area contributed by atoms with E-state index in [2.05, 4.69) is 29.7 Å². The molecule has 0 heterocycles. The van der Waals surface area contributed by atoms with Crippen LogP contribution in [0.4, 0.5) is 11.4 Å². The van der Waals surface area contributed by atoms with Gasteiger partial charge in [0.25, 0.3) is 0 Å². The van der Waals surface area contributed by atoms with Gasteiger partial charge in [0.1, 0.15) is 6.04 Å². The molecule has 0 bridgehead atoms. The van der Waals surface area contributed by atoms with E-state index in [9.17, 15) is 4.79 Å². The molecule has 0 spiro atoms. The first-order chi connectivity index (χ1) is 10.6. The monoisotopic (exact) mass is 293 g/mol. The zero-order chi connectivity index (χ0) is 15.9. The summed E-state index contributed by atoms with van der Waals surface area (Å²) in [6.45, 7) is 3.90. The van der Waals surface area contributed by atoms with Crippen molar-refractivity contribution in [3.8, 4) is 6.07 Å². The smallest absolute Gasteiger partial charge is 0.246 e. The molecule has 2 rings (SSSR count). The number of anilines is 2. The predicted molar refractivity (Wildman–Crippen MR) is 88.7 cm³/mol. The highest BCUT2D eigenvalue weighted by Crippen LogP contribution is 2.14. The van der Waals surface area contributed by atoms with E-state index < -0.39 is 0 Å². The Hall–Kier alpha value is -2.80. The third-order valence-corrected chi connectivity index (χ3v) is 3.37. The Morgan fingerprint density at radius 3 is 2.64 bits per heavy atom. The summed E-state index contributed by atoms with van der Waals surface area (Å²) in [5.41, 5.74) is 3.29. The van der Waals surface area contributed by atoms with Gasteiger partial charge in [-0.15, -0.1) is 0 Å². The number of nitriles is 1. The summed E-state index contributed by atoms with van der Waals surface area (Å²) in [7, 11) is 0. The van der Waals surface area contributed by atoms with Crippen molar-refractivity contribution in [2.24, 2.45) is 0 Å². The summed E-state index contributed by atoms with van der Waals surface area (Å²) < 4.78 is 0. The quantitative estimate of drug-likeness (QED) is 0.886. The van der Waals surface area contributed by atoms with Gasteiger partial charge < -0.3 is 10.6 Å². The lowest BCUT2D eigenvalue weighted by atomic mass is 10.1. The molecule has 22 heavy (non-hydrogen) atoms. The minimum atomic E-state index is -0.377. The van der Waals surface area contributed by atoms with Gasteiger partial charge in [0.2, 0.25) is 5.91 Å². The maximum atomic E-state index is 12.2. The van der Waals surface area contributed by atoms with Crippen molar-refractivity contribution in [1.29, 1.82) is 5.26 Å². The van der Waals surface area contributed by atoms with Gasteiger partial charge in [-0.05, 0) is 49.2 Å². The summed E-state index contributed by atoms with van der Waals surface area (Å²) >= 11 is 0. The molecular weight excluding hydrogens is 274 g/mol. The fourth-order valence-corrected chi connectivity index (χ4v) is 2.11. The van der Waals surface area contributed by atoms with Crippen LogP contribution in [-0.2, 0) is 11.2 Å². The molecule has 0 aliphatic carbocycles. The number of nitrogens with zero attached hydrogens (tertiary/aromatic N) is 1. The van der Waals surface area contributed by atoms with Gasteiger partial charge in [-0.25, -0.2) is 0 Å². The molecule has 1 amide bonds. The maximum Gasteiger partial charge on any atom is 0.246 e. The minimum absolute atomic E-state index is 0.142. The Bertz CT molecular complexity index is 703. The summed E-state index contributed by atoms with van der Waals surface area (Å²) in [4.78, 5) is 12.2. The first-order valence-corrected chi connectivity index (χ1v) is 7.29. The van der Waals surface area contributed by atoms with Crippen LogP contribution in [0.2, 0.25) is 0 Å². The van der Waals surface area contributed by atoms with Crippen LogP contribution >= 0.6 is 0 Å². The third-order valence-electron chi connectivity index (χ3n) is 3.37. The van der Waals surface area contributed by atoms with Crippen LogP contribution in [0, 0.1) is 11.3 Å². The van der Waals surface area contributed by atoms with Gasteiger partial charge in [-0.1, -0.05) is 25.1 Å². The molecule has 112 valence electrons. The van der Waals surface area contributed by atoms with E-state index in [1.807, 2.05) is 25.1 Å². The van der Waals surface area contributed by atoms with E-state index in [1.54, 1.807) is 24.3 Å². The number of rotatable bonds is 5. The van der Waals surface area contributed by atoms with E-state index in [0.717, 1.165) is 12.1 Å². The SMILES string of the molecule is CCc1cccc(NC(C)C(=O)Nc2cccc(C#N)c2)c1.